The maximum atomic E-state index is 13.7. The van der Waals surface area contributed by atoms with E-state index < -0.39 is 11.7 Å². The van der Waals surface area contributed by atoms with Gasteiger partial charge in [-0.1, -0.05) is 24.3 Å². The molecular weight excluding hydrogens is 334 g/mol. The molecular formula is C18H19ClF2N2O. The van der Waals surface area contributed by atoms with Gasteiger partial charge in [-0.2, -0.15) is 0 Å². The summed E-state index contributed by atoms with van der Waals surface area (Å²) >= 11 is 0. The summed E-state index contributed by atoms with van der Waals surface area (Å²) < 4.78 is 27.2. The summed E-state index contributed by atoms with van der Waals surface area (Å²) in [5.41, 5.74) is 0.876. The first kappa shape index (κ1) is 18.4. The molecule has 0 bridgehead atoms. The number of halogens is 3. The SMILES string of the molecule is Cl.O=C(N[C@@H]1CNCC[C@H]1c1cccc(F)c1)c1ccccc1F. The summed E-state index contributed by atoms with van der Waals surface area (Å²) in [5.74, 6) is -1.28. The van der Waals surface area contributed by atoms with Gasteiger partial charge >= 0.3 is 0 Å². The Morgan fingerprint density at radius 1 is 1.12 bits per heavy atom. The van der Waals surface area contributed by atoms with E-state index >= 15 is 0 Å². The minimum atomic E-state index is -0.545. The van der Waals surface area contributed by atoms with Gasteiger partial charge in [0.15, 0.2) is 0 Å². The van der Waals surface area contributed by atoms with E-state index in [-0.39, 0.29) is 35.7 Å². The minimum absolute atomic E-state index is 0. The van der Waals surface area contributed by atoms with Crippen molar-refractivity contribution in [2.45, 2.75) is 18.4 Å². The van der Waals surface area contributed by atoms with Crippen LogP contribution in [0.25, 0.3) is 0 Å². The molecule has 128 valence electrons. The summed E-state index contributed by atoms with van der Waals surface area (Å²) in [4.78, 5) is 12.3. The van der Waals surface area contributed by atoms with Crippen LogP contribution >= 0.6 is 12.4 Å². The van der Waals surface area contributed by atoms with Crippen molar-refractivity contribution >= 4 is 18.3 Å². The Kier molecular flexibility index (Phi) is 6.29. The lowest BCUT2D eigenvalue weighted by molar-refractivity contribution is 0.0920. The van der Waals surface area contributed by atoms with Gasteiger partial charge < -0.3 is 10.6 Å². The number of piperidine rings is 1. The Balaban J connectivity index is 0.00000208. The molecule has 2 atom stereocenters. The van der Waals surface area contributed by atoms with Crippen molar-refractivity contribution in [3.63, 3.8) is 0 Å². The smallest absolute Gasteiger partial charge is 0.254 e. The Morgan fingerprint density at radius 2 is 1.92 bits per heavy atom. The van der Waals surface area contributed by atoms with Gasteiger partial charge in [0.25, 0.3) is 5.91 Å². The van der Waals surface area contributed by atoms with Crippen LogP contribution in [0.2, 0.25) is 0 Å². The van der Waals surface area contributed by atoms with Crippen LogP contribution in [0.4, 0.5) is 8.78 Å². The van der Waals surface area contributed by atoms with Gasteiger partial charge in [-0.05, 0) is 42.8 Å². The van der Waals surface area contributed by atoms with Crippen molar-refractivity contribution < 1.29 is 13.6 Å². The first-order chi connectivity index (χ1) is 11.1. The van der Waals surface area contributed by atoms with E-state index in [1.807, 2.05) is 6.07 Å². The maximum Gasteiger partial charge on any atom is 0.254 e. The van der Waals surface area contributed by atoms with E-state index in [4.69, 9.17) is 0 Å². The quantitative estimate of drug-likeness (QED) is 0.890. The number of rotatable bonds is 3. The number of amides is 1. The second kappa shape index (κ2) is 8.22. The number of hydrogen-bond acceptors (Lipinski definition) is 2. The van der Waals surface area contributed by atoms with Crippen LogP contribution in [-0.4, -0.2) is 25.0 Å². The fourth-order valence-corrected chi connectivity index (χ4v) is 3.04. The van der Waals surface area contributed by atoms with Crippen molar-refractivity contribution in [1.29, 1.82) is 0 Å². The van der Waals surface area contributed by atoms with Crippen LogP contribution in [0.1, 0.15) is 28.3 Å². The van der Waals surface area contributed by atoms with E-state index in [1.54, 1.807) is 18.2 Å². The molecule has 1 aliphatic heterocycles. The third-order valence-corrected chi connectivity index (χ3v) is 4.19. The molecule has 6 heteroatoms. The van der Waals surface area contributed by atoms with E-state index in [1.165, 1.54) is 24.3 Å². The van der Waals surface area contributed by atoms with Gasteiger partial charge in [-0.3, -0.25) is 4.79 Å². The summed E-state index contributed by atoms with van der Waals surface area (Å²) in [5, 5.41) is 6.10. The predicted molar refractivity (Wildman–Crippen MR) is 91.5 cm³/mol. The lowest BCUT2D eigenvalue weighted by Gasteiger charge is -2.33. The molecule has 0 aliphatic carbocycles. The molecule has 3 rings (SSSR count). The van der Waals surface area contributed by atoms with Gasteiger partial charge in [0, 0.05) is 18.5 Å². The molecule has 1 saturated heterocycles. The molecule has 2 aromatic carbocycles. The van der Waals surface area contributed by atoms with E-state index in [2.05, 4.69) is 10.6 Å². The van der Waals surface area contributed by atoms with Crippen LogP contribution in [0.5, 0.6) is 0 Å². The Bertz CT molecular complexity index is 711. The molecule has 0 unspecified atom stereocenters. The molecule has 2 N–H and O–H groups in total. The van der Waals surface area contributed by atoms with E-state index in [9.17, 15) is 13.6 Å². The van der Waals surface area contributed by atoms with Crippen LogP contribution < -0.4 is 10.6 Å². The number of carbonyl (C=O) groups excluding carboxylic acids is 1. The zero-order valence-corrected chi connectivity index (χ0v) is 13.8. The van der Waals surface area contributed by atoms with Gasteiger partial charge in [-0.25, -0.2) is 8.78 Å². The van der Waals surface area contributed by atoms with Gasteiger partial charge in [0.05, 0.1) is 5.56 Å². The zero-order chi connectivity index (χ0) is 16.2. The molecule has 1 fully saturated rings. The summed E-state index contributed by atoms with van der Waals surface area (Å²) in [6.07, 6.45) is 0.783. The fraction of sp³-hybridized carbons (Fsp3) is 0.278. The highest BCUT2D eigenvalue weighted by Crippen LogP contribution is 2.26. The van der Waals surface area contributed by atoms with Crippen molar-refractivity contribution in [3.05, 3.63) is 71.3 Å². The Labute approximate surface area is 145 Å². The van der Waals surface area contributed by atoms with E-state index in [0.717, 1.165) is 18.5 Å². The second-order valence-electron chi connectivity index (χ2n) is 5.71. The number of benzene rings is 2. The highest BCUT2D eigenvalue weighted by molar-refractivity contribution is 5.94. The number of carbonyl (C=O) groups is 1. The molecule has 3 nitrogen and oxygen atoms in total. The summed E-state index contributed by atoms with van der Waals surface area (Å²) in [7, 11) is 0. The topological polar surface area (TPSA) is 41.1 Å². The molecule has 1 amide bonds. The fourth-order valence-electron chi connectivity index (χ4n) is 3.04. The van der Waals surface area contributed by atoms with Gasteiger partial charge in [0.1, 0.15) is 11.6 Å². The normalized spacial score (nSPS) is 20.1. The molecule has 0 radical (unpaired) electrons. The van der Waals surface area contributed by atoms with Crippen molar-refractivity contribution in [2.75, 3.05) is 13.1 Å². The largest absolute Gasteiger partial charge is 0.347 e. The van der Waals surface area contributed by atoms with Crippen LogP contribution in [-0.2, 0) is 0 Å². The maximum absolute atomic E-state index is 13.7. The first-order valence-electron chi connectivity index (χ1n) is 7.67. The van der Waals surface area contributed by atoms with Crippen molar-refractivity contribution in [1.82, 2.24) is 10.6 Å². The molecule has 2 aromatic rings. The minimum Gasteiger partial charge on any atom is -0.347 e. The van der Waals surface area contributed by atoms with Gasteiger partial charge in [-0.15, -0.1) is 12.4 Å². The summed E-state index contributed by atoms with van der Waals surface area (Å²) in [6.45, 7) is 1.37. The van der Waals surface area contributed by atoms with Gasteiger partial charge in [0.2, 0.25) is 0 Å². The third-order valence-electron chi connectivity index (χ3n) is 4.19. The lowest BCUT2D eigenvalue weighted by Crippen LogP contribution is -2.50. The van der Waals surface area contributed by atoms with Crippen molar-refractivity contribution in [2.24, 2.45) is 0 Å². The Hall–Kier alpha value is -1.98. The average Bonchev–Trinajstić information content (AvgIpc) is 2.55. The summed E-state index contributed by atoms with van der Waals surface area (Å²) in [6, 6.07) is 12.1. The monoisotopic (exact) mass is 352 g/mol. The molecule has 0 aromatic heterocycles. The molecule has 0 spiro atoms. The zero-order valence-electron chi connectivity index (χ0n) is 13.0. The van der Waals surface area contributed by atoms with Crippen LogP contribution in [0.15, 0.2) is 48.5 Å². The molecule has 1 aliphatic rings. The number of nitrogens with one attached hydrogen (secondary N) is 2. The van der Waals surface area contributed by atoms with Crippen LogP contribution in [0, 0.1) is 11.6 Å². The Morgan fingerprint density at radius 3 is 2.67 bits per heavy atom. The lowest BCUT2D eigenvalue weighted by atomic mass is 9.86. The standard InChI is InChI=1S/C18H18F2N2O.ClH/c19-13-5-3-4-12(10-13)14-8-9-21-11-17(14)22-18(23)15-6-1-2-7-16(15)20;/h1-7,10,14,17,21H,8-9,11H2,(H,22,23);1H/t14-,17+;/m0./s1. The number of hydrogen-bond donors (Lipinski definition) is 2. The molecule has 0 saturated carbocycles. The predicted octanol–water partition coefficient (Wildman–Crippen LogP) is 3.26. The third kappa shape index (κ3) is 4.10. The highest BCUT2D eigenvalue weighted by atomic mass is 35.5. The molecule has 1 heterocycles. The van der Waals surface area contributed by atoms with Crippen molar-refractivity contribution in [3.8, 4) is 0 Å². The first-order valence-corrected chi connectivity index (χ1v) is 7.67. The molecule has 24 heavy (non-hydrogen) atoms. The average molecular weight is 353 g/mol. The van der Waals surface area contributed by atoms with E-state index in [0.29, 0.717) is 6.54 Å². The highest BCUT2D eigenvalue weighted by Gasteiger charge is 2.28. The van der Waals surface area contributed by atoms with Crippen LogP contribution in [0.3, 0.4) is 0 Å². The second-order valence-corrected chi connectivity index (χ2v) is 5.71.